The van der Waals surface area contributed by atoms with Gasteiger partial charge in [-0.3, -0.25) is 4.79 Å². The first-order chi connectivity index (χ1) is 7.52. The highest BCUT2D eigenvalue weighted by Crippen LogP contribution is 2.16. The van der Waals surface area contributed by atoms with E-state index in [-0.39, 0.29) is 5.56 Å². The summed E-state index contributed by atoms with van der Waals surface area (Å²) >= 11 is 0. The van der Waals surface area contributed by atoms with Gasteiger partial charge in [0, 0.05) is 0 Å². The number of alkyl halides is 1. The molecule has 0 spiro atoms. The second kappa shape index (κ2) is 5.06. The van der Waals surface area contributed by atoms with Crippen molar-refractivity contribution < 1.29 is 19.1 Å². The third-order valence-electron chi connectivity index (χ3n) is 1.85. The number of carboxylic acid groups (broad SMARTS) is 1. The summed E-state index contributed by atoms with van der Waals surface area (Å²) in [6.45, 7) is 3.07. The Morgan fingerprint density at radius 3 is 2.38 bits per heavy atom. The van der Waals surface area contributed by atoms with Gasteiger partial charge in [-0.15, -0.1) is 0 Å². The van der Waals surface area contributed by atoms with Crippen LogP contribution in [0.5, 0.6) is 0 Å². The molecule has 0 radical (unpaired) electrons. The largest absolute Gasteiger partial charge is 0.477 e. The number of carbonyl (C=O) groups excluding carboxylic acids is 1. The van der Waals surface area contributed by atoms with Crippen LogP contribution in [0.3, 0.4) is 0 Å². The summed E-state index contributed by atoms with van der Waals surface area (Å²) in [6.07, 6.45) is -1.91. The number of carbonyl (C=O) groups is 2. The van der Waals surface area contributed by atoms with Crippen molar-refractivity contribution in [2.45, 2.75) is 6.17 Å². The summed E-state index contributed by atoms with van der Waals surface area (Å²) < 4.78 is 13.5. The zero-order valence-corrected chi connectivity index (χ0v) is 8.31. The predicted molar refractivity (Wildman–Crippen MR) is 55.2 cm³/mol. The van der Waals surface area contributed by atoms with E-state index in [9.17, 15) is 14.0 Å². The van der Waals surface area contributed by atoms with Crippen LogP contribution in [0.15, 0.2) is 42.6 Å². The lowest BCUT2D eigenvalue weighted by Gasteiger charge is -2.08. The highest BCUT2D eigenvalue weighted by Gasteiger charge is 2.21. The summed E-state index contributed by atoms with van der Waals surface area (Å²) in [5.74, 6) is -2.44. The molecule has 0 aromatic heterocycles. The van der Waals surface area contributed by atoms with Gasteiger partial charge in [-0.25, -0.2) is 9.18 Å². The van der Waals surface area contributed by atoms with Gasteiger partial charge in [-0.1, -0.05) is 36.9 Å². The average molecular weight is 223 g/mol. The Morgan fingerprint density at radius 1 is 1.31 bits per heavy atom. The van der Waals surface area contributed by atoms with Gasteiger partial charge in [0.2, 0.25) is 6.17 Å². The first-order valence-electron chi connectivity index (χ1n) is 4.44. The predicted octanol–water partition coefficient (Wildman–Crippen LogP) is 1.41. The molecule has 1 atom stereocenters. The van der Waals surface area contributed by atoms with E-state index in [1.54, 1.807) is 18.2 Å². The second-order valence-electron chi connectivity index (χ2n) is 3.05. The number of rotatable bonds is 4. The topological polar surface area (TPSA) is 66.4 Å². The van der Waals surface area contributed by atoms with E-state index in [4.69, 9.17) is 5.11 Å². The van der Waals surface area contributed by atoms with Crippen LogP contribution in [0.25, 0.3) is 0 Å². The van der Waals surface area contributed by atoms with E-state index >= 15 is 0 Å². The molecule has 0 aliphatic carbocycles. The van der Waals surface area contributed by atoms with Crippen LogP contribution in [-0.2, 0) is 9.59 Å². The molecule has 0 fully saturated rings. The number of nitrogens with one attached hydrogen (secondary N) is 1. The SMILES string of the molecule is C=C(NC(=O)C(F)c1ccccc1)C(=O)O. The zero-order chi connectivity index (χ0) is 12.1. The summed E-state index contributed by atoms with van der Waals surface area (Å²) in [7, 11) is 0. The molecule has 5 heteroatoms. The molecule has 1 amide bonds. The lowest BCUT2D eigenvalue weighted by atomic mass is 10.1. The van der Waals surface area contributed by atoms with Crippen molar-refractivity contribution in [3.63, 3.8) is 0 Å². The fourth-order valence-corrected chi connectivity index (χ4v) is 1.04. The first kappa shape index (κ1) is 11.9. The number of halogens is 1. The van der Waals surface area contributed by atoms with E-state index in [2.05, 4.69) is 6.58 Å². The summed E-state index contributed by atoms with van der Waals surface area (Å²) in [5, 5.41) is 10.3. The van der Waals surface area contributed by atoms with Gasteiger partial charge in [-0.05, 0) is 5.56 Å². The van der Waals surface area contributed by atoms with Crippen LogP contribution < -0.4 is 5.32 Å². The maximum Gasteiger partial charge on any atom is 0.351 e. The molecule has 0 aliphatic rings. The molecule has 1 unspecified atom stereocenters. The third kappa shape index (κ3) is 2.91. The lowest BCUT2D eigenvalue weighted by Crippen LogP contribution is -2.29. The summed E-state index contributed by atoms with van der Waals surface area (Å²) in [4.78, 5) is 21.6. The fraction of sp³-hybridized carbons (Fsp3) is 0.0909. The van der Waals surface area contributed by atoms with Gasteiger partial charge < -0.3 is 10.4 Å². The lowest BCUT2D eigenvalue weighted by molar-refractivity contribution is -0.135. The van der Waals surface area contributed by atoms with Gasteiger partial charge in [0.1, 0.15) is 5.70 Å². The van der Waals surface area contributed by atoms with Gasteiger partial charge in [-0.2, -0.15) is 0 Å². The zero-order valence-electron chi connectivity index (χ0n) is 8.31. The van der Waals surface area contributed by atoms with E-state index in [0.717, 1.165) is 0 Å². The van der Waals surface area contributed by atoms with Crippen molar-refractivity contribution in [2.75, 3.05) is 0 Å². The van der Waals surface area contributed by atoms with Crippen LogP contribution in [0, 0.1) is 0 Å². The molecular formula is C11H10FNO3. The minimum absolute atomic E-state index is 0.165. The minimum Gasteiger partial charge on any atom is -0.477 e. The van der Waals surface area contributed by atoms with E-state index in [1.807, 2.05) is 5.32 Å². The van der Waals surface area contributed by atoms with Gasteiger partial charge in [0.05, 0.1) is 0 Å². The molecular weight excluding hydrogens is 213 g/mol. The molecule has 1 aromatic rings. The quantitative estimate of drug-likeness (QED) is 0.758. The van der Waals surface area contributed by atoms with Crippen molar-refractivity contribution in [1.29, 1.82) is 0 Å². The Hall–Kier alpha value is -2.17. The summed E-state index contributed by atoms with van der Waals surface area (Å²) in [6, 6.07) is 7.73. The molecule has 16 heavy (non-hydrogen) atoms. The van der Waals surface area contributed by atoms with Crippen LogP contribution in [0.1, 0.15) is 11.7 Å². The van der Waals surface area contributed by atoms with Gasteiger partial charge in [0.15, 0.2) is 0 Å². The Balaban J connectivity index is 2.69. The Bertz CT molecular complexity index is 416. The summed E-state index contributed by atoms with van der Waals surface area (Å²) in [5.41, 5.74) is -0.387. The molecule has 2 N–H and O–H groups in total. The van der Waals surface area contributed by atoms with Crippen molar-refractivity contribution in [3.8, 4) is 0 Å². The third-order valence-corrected chi connectivity index (χ3v) is 1.85. The van der Waals surface area contributed by atoms with Crippen LogP contribution >= 0.6 is 0 Å². The molecule has 0 saturated carbocycles. The monoisotopic (exact) mass is 223 g/mol. The Labute approximate surface area is 91.4 Å². The molecule has 4 nitrogen and oxygen atoms in total. The number of benzene rings is 1. The van der Waals surface area contributed by atoms with Crippen molar-refractivity contribution in [2.24, 2.45) is 0 Å². The van der Waals surface area contributed by atoms with Gasteiger partial charge in [0.25, 0.3) is 5.91 Å². The average Bonchev–Trinajstić information content (AvgIpc) is 2.28. The smallest absolute Gasteiger partial charge is 0.351 e. The van der Waals surface area contributed by atoms with Crippen molar-refractivity contribution in [1.82, 2.24) is 5.32 Å². The van der Waals surface area contributed by atoms with Crippen LogP contribution in [0.4, 0.5) is 4.39 Å². The molecule has 0 aliphatic heterocycles. The number of aliphatic carboxylic acids is 1. The molecule has 0 bridgehead atoms. The number of carboxylic acids is 1. The number of hydrogen-bond acceptors (Lipinski definition) is 2. The second-order valence-corrected chi connectivity index (χ2v) is 3.05. The minimum atomic E-state index is -1.91. The molecule has 84 valence electrons. The van der Waals surface area contributed by atoms with Crippen molar-refractivity contribution in [3.05, 3.63) is 48.2 Å². The normalized spacial score (nSPS) is 11.6. The molecule has 0 heterocycles. The Kier molecular flexibility index (Phi) is 3.77. The Morgan fingerprint density at radius 2 is 1.88 bits per heavy atom. The number of hydrogen-bond donors (Lipinski definition) is 2. The molecule has 0 saturated heterocycles. The first-order valence-corrected chi connectivity index (χ1v) is 4.44. The highest BCUT2D eigenvalue weighted by molar-refractivity contribution is 5.93. The maximum absolute atomic E-state index is 13.5. The number of amides is 1. The van der Waals surface area contributed by atoms with Crippen molar-refractivity contribution >= 4 is 11.9 Å². The fourth-order valence-electron chi connectivity index (χ4n) is 1.04. The maximum atomic E-state index is 13.5. The van der Waals surface area contributed by atoms with E-state index in [1.165, 1.54) is 12.1 Å². The van der Waals surface area contributed by atoms with Crippen LogP contribution in [-0.4, -0.2) is 17.0 Å². The van der Waals surface area contributed by atoms with Crippen LogP contribution in [0.2, 0.25) is 0 Å². The van der Waals surface area contributed by atoms with Gasteiger partial charge >= 0.3 is 5.97 Å². The van der Waals surface area contributed by atoms with E-state index in [0.29, 0.717) is 0 Å². The van der Waals surface area contributed by atoms with E-state index < -0.39 is 23.7 Å². The highest BCUT2D eigenvalue weighted by atomic mass is 19.1. The molecule has 1 aromatic carbocycles. The molecule has 1 rings (SSSR count). The standard InChI is InChI=1S/C11H10FNO3/c1-7(11(15)16)13-10(14)9(12)8-5-3-2-4-6-8/h2-6,9H,1H2,(H,13,14)(H,15,16).